The van der Waals surface area contributed by atoms with E-state index in [-0.39, 0.29) is 25.2 Å². The molecular weight excluding hydrogens is 389 g/mol. The lowest BCUT2D eigenvalue weighted by atomic mass is 9.94. The molecule has 0 unspecified atom stereocenters. The summed E-state index contributed by atoms with van der Waals surface area (Å²) in [4.78, 5) is 27.1. The van der Waals surface area contributed by atoms with Gasteiger partial charge in [0.15, 0.2) is 0 Å². The first-order valence-corrected chi connectivity index (χ1v) is 9.00. The number of nitrogens with one attached hydrogen (secondary N) is 1. The zero-order chi connectivity index (χ0) is 19.4. The van der Waals surface area contributed by atoms with Crippen LogP contribution in [0.3, 0.4) is 0 Å². The van der Waals surface area contributed by atoms with Crippen LogP contribution >= 0.6 is 23.2 Å². The standard InChI is InChI=1S/C20H17Cl2NO4/c1-26-11-18(24)27-9-8-14-19(13-4-2-3-5-16(13)22)15-10-12(21)6-7-17(15)23-20(14)25/h2-7,10H,8-9,11H2,1H3,(H,23,25). The van der Waals surface area contributed by atoms with Crippen molar-refractivity contribution in [1.82, 2.24) is 4.98 Å². The van der Waals surface area contributed by atoms with E-state index in [2.05, 4.69) is 4.98 Å². The highest BCUT2D eigenvalue weighted by atomic mass is 35.5. The Hall–Kier alpha value is -2.34. The maximum atomic E-state index is 12.7. The molecule has 1 N–H and O–H groups in total. The van der Waals surface area contributed by atoms with E-state index in [0.717, 1.165) is 10.9 Å². The van der Waals surface area contributed by atoms with Crippen molar-refractivity contribution in [2.24, 2.45) is 0 Å². The number of H-pyrrole nitrogens is 1. The van der Waals surface area contributed by atoms with Crippen LogP contribution in [0.15, 0.2) is 47.3 Å². The minimum atomic E-state index is -0.489. The van der Waals surface area contributed by atoms with Crippen LogP contribution in [0.5, 0.6) is 0 Å². The van der Waals surface area contributed by atoms with Crippen LogP contribution in [-0.4, -0.2) is 31.3 Å². The highest BCUT2D eigenvalue weighted by molar-refractivity contribution is 6.34. The van der Waals surface area contributed by atoms with Gasteiger partial charge in [0, 0.05) is 51.2 Å². The summed E-state index contributed by atoms with van der Waals surface area (Å²) < 4.78 is 9.86. The van der Waals surface area contributed by atoms with Crippen molar-refractivity contribution in [2.45, 2.75) is 6.42 Å². The summed E-state index contributed by atoms with van der Waals surface area (Å²) >= 11 is 12.6. The highest BCUT2D eigenvalue weighted by Gasteiger charge is 2.17. The third kappa shape index (κ3) is 4.33. The molecule has 27 heavy (non-hydrogen) atoms. The molecular formula is C20H17Cl2NO4. The molecule has 3 aromatic rings. The number of esters is 1. The molecule has 1 heterocycles. The first kappa shape index (κ1) is 19.4. The summed E-state index contributed by atoms with van der Waals surface area (Å²) in [6.07, 6.45) is 0.230. The largest absolute Gasteiger partial charge is 0.464 e. The number of fused-ring (bicyclic) bond motifs is 1. The number of benzene rings is 2. The summed E-state index contributed by atoms with van der Waals surface area (Å²) in [5.74, 6) is -0.489. The van der Waals surface area contributed by atoms with Gasteiger partial charge in [0.1, 0.15) is 6.61 Å². The molecule has 3 rings (SSSR count). The smallest absolute Gasteiger partial charge is 0.332 e. The fraction of sp³-hybridized carbons (Fsp3) is 0.200. The lowest BCUT2D eigenvalue weighted by molar-refractivity contribution is -0.147. The van der Waals surface area contributed by atoms with Crippen molar-refractivity contribution in [3.05, 3.63) is 68.4 Å². The Bertz CT molecular complexity index is 1050. The summed E-state index contributed by atoms with van der Waals surface area (Å²) in [5, 5.41) is 1.83. The molecule has 0 amide bonds. The summed E-state index contributed by atoms with van der Waals surface area (Å²) in [6, 6.07) is 12.5. The molecule has 1 aromatic heterocycles. The Kier molecular flexibility index (Phi) is 6.16. The fourth-order valence-electron chi connectivity index (χ4n) is 2.94. The Labute approximate surface area is 165 Å². The molecule has 0 spiro atoms. The summed E-state index contributed by atoms with van der Waals surface area (Å²) in [5.41, 5.74) is 2.27. The zero-order valence-corrected chi connectivity index (χ0v) is 16.1. The van der Waals surface area contributed by atoms with Gasteiger partial charge < -0.3 is 14.5 Å². The Morgan fingerprint density at radius 3 is 2.67 bits per heavy atom. The molecule has 5 nitrogen and oxygen atoms in total. The molecule has 0 aliphatic carbocycles. The Morgan fingerprint density at radius 1 is 1.15 bits per heavy atom. The number of rotatable bonds is 6. The Balaban J connectivity index is 2.13. The van der Waals surface area contributed by atoms with Gasteiger partial charge in [0.25, 0.3) is 5.56 Å². The van der Waals surface area contributed by atoms with E-state index < -0.39 is 5.97 Å². The molecule has 0 atom stereocenters. The van der Waals surface area contributed by atoms with Gasteiger partial charge in [-0.3, -0.25) is 4.79 Å². The number of halogens is 2. The predicted octanol–water partition coefficient (Wildman–Crippen LogP) is 4.23. The summed E-state index contributed by atoms with van der Waals surface area (Å²) in [7, 11) is 1.41. The minimum absolute atomic E-state index is 0.0504. The van der Waals surface area contributed by atoms with Gasteiger partial charge in [-0.2, -0.15) is 0 Å². The predicted molar refractivity (Wildman–Crippen MR) is 107 cm³/mol. The van der Waals surface area contributed by atoms with E-state index in [1.165, 1.54) is 7.11 Å². The van der Waals surface area contributed by atoms with Gasteiger partial charge in [0.2, 0.25) is 0 Å². The minimum Gasteiger partial charge on any atom is -0.464 e. The van der Waals surface area contributed by atoms with Crippen molar-refractivity contribution in [3.63, 3.8) is 0 Å². The van der Waals surface area contributed by atoms with Crippen LogP contribution in [0.25, 0.3) is 22.0 Å². The summed E-state index contributed by atoms with van der Waals surface area (Å²) in [6.45, 7) is -0.0874. The molecule has 2 aromatic carbocycles. The quantitative estimate of drug-likeness (QED) is 0.622. The zero-order valence-electron chi connectivity index (χ0n) is 14.6. The maximum Gasteiger partial charge on any atom is 0.332 e. The fourth-order valence-corrected chi connectivity index (χ4v) is 3.35. The first-order valence-electron chi connectivity index (χ1n) is 8.25. The van der Waals surface area contributed by atoms with Gasteiger partial charge in [-0.05, 0) is 24.3 Å². The average molecular weight is 406 g/mol. The van der Waals surface area contributed by atoms with Gasteiger partial charge in [-0.25, -0.2) is 4.79 Å². The number of aromatic nitrogens is 1. The van der Waals surface area contributed by atoms with Gasteiger partial charge >= 0.3 is 5.97 Å². The van der Waals surface area contributed by atoms with Crippen molar-refractivity contribution >= 4 is 40.1 Å². The van der Waals surface area contributed by atoms with Gasteiger partial charge in [-0.1, -0.05) is 41.4 Å². The molecule has 7 heteroatoms. The number of carbonyl (C=O) groups excluding carboxylic acids is 1. The lowest BCUT2D eigenvalue weighted by Gasteiger charge is -2.14. The first-order chi connectivity index (χ1) is 13.0. The third-order valence-corrected chi connectivity index (χ3v) is 4.66. The number of aromatic amines is 1. The van der Waals surface area contributed by atoms with E-state index in [1.54, 1.807) is 24.3 Å². The number of carbonyl (C=O) groups is 1. The lowest BCUT2D eigenvalue weighted by Crippen LogP contribution is -2.19. The SMILES string of the molecule is COCC(=O)OCCc1c(-c2ccccc2Cl)c2cc(Cl)ccc2[nH]c1=O. The van der Waals surface area contributed by atoms with Crippen LogP contribution in [-0.2, 0) is 20.7 Å². The van der Waals surface area contributed by atoms with Gasteiger partial charge in [-0.15, -0.1) is 0 Å². The van der Waals surface area contributed by atoms with Crippen LogP contribution in [0.4, 0.5) is 0 Å². The van der Waals surface area contributed by atoms with Crippen molar-refractivity contribution in [1.29, 1.82) is 0 Å². The van der Waals surface area contributed by atoms with Crippen molar-refractivity contribution in [2.75, 3.05) is 20.3 Å². The second-order valence-electron chi connectivity index (χ2n) is 5.88. The highest BCUT2D eigenvalue weighted by Crippen LogP contribution is 2.35. The van der Waals surface area contributed by atoms with E-state index >= 15 is 0 Å². The van der Waals surface area contributed by atoms with E-state index in [1.807, 2.05) is 18.2 Å². The number of ether oxygens (including phenoxy) is 2. The number of hydrogen-bond donors (Lipinski definition) is 1. The van der Waals surface area contributed by atoms with Crippen molar-refractivity contribution in [3.8, 4) is 11.1 Å². The second-order valence-corrected chi connectivity index (χ2v) is 6.72. The molecule has 0 saturated carbocycles. The number of methoxy groups -OCH3 is 1. The van der Waals surface area contributed by atoms with Gasteiger partial charge in [0.05, 0.1) is 6.61 Å². The number of hydrogen-bond acceptors (Lipinski definition) is 4. The number of pyridine rings is 1. The third-order valence-electron chi connectivity index (χ3n) is 4.10. The van der Waals surface area contributed by atoms with Crippen LogP contribution in [0, 0.1) is 0 Å². The molecule has 0 radical (unpaired) electrons. The monoisotopic (exact) mass is 405 g/mol. The molecule has 140 valence electrons. The molecule has 0 fully saturated rings. The van der Waals surface area contributed by atoms with E-state index in [9.17, 15) is 9.59 Å². The van der Waals surface area contributed by atoms with Crippen LogP contribution < -0.4 is 5.56 Å². The van der Waals surface area contributed by atoms with Crippen molar-refractivity contribution < 1.29 is 14.3 Å². The molecule has 0 aliphatic heterocycles. The molecule has 0 aliphatic rings. The Morgan fingerprint density at radius 2 is 1.93 bits per heavy atom. The van der Waals surface area contributed by atoms with E-state index in [0.29, 0.717) is 26.7 Å². The van der Waals surface area contributed by atoms with E-state index in [4.69, 9.17) is 32.7 Å². The molecule has 0 bridgehead atoms. The van der Waals surface area contributed by atoms with Crippen LogP contribution in [0.1, 0.15) is 5.56 Å². The second kappa shape index (κ2) is 8.57. The maximum absolute atomic E-state index is 12.7. The normalized spacial score (nSPS) is 10.9. The molecule has 0 saturated heterocycles. The topological polar surface area (TPSA) is 68.4 Å². The average Bonchev–Trinajstić information content (AvgIpc) is 2.63. The van der Waals surface area contributed by atoms with Crippen LogP contribution in [0.2, 0.25) is 10.0 Å².